The molecule has 0 radical (unpaired) electrons. The summed E-state index contributed by atoms with van der Waals surface area (Å²) < 4.78 is 22.1. The van der Waals surface area contributed by atoms with Crippen molar-refractivity contribution in [2.45, 2.75) is 11.0 Å². The molecule has 0 amide bonds. The number of aliphatic carboxylic acids is 1. The lowest BCUT2D eigenvalue weighted by Gasteiger charge is -2.05. The molecule has 0 saturated carbocycles. The maximum Gasteiger partial charge on any atom is 0.337 e. The Morgan fingerprint density at radius 3 is 2.07 bits per heavy atom. The zero-order chi connectivity index (χ0) is 11.6. The molecule has 5 nitrogen and oxygen atoms in total. The van der Waals surface area contributed by atoms with Gasteiger partial charge in [0.05, 0.1) is 4.90 Å². The van der Waals surface area contributed by atoms with Crippen LogP contribution in [0, 0.1) is 0 Å². The number of rotatable bonds is 3. The van der Waals surface area contributed by atoms with Crippen molar-refractivity contribution in [1.82, 2.24) is 0 Å². The van der Waals surface area contributed by atoms with Crippen LogP contribution in [-0.4, -0.2) is 30.9 Å². The molecule has 0 aliphatic heterocycles. The summed E-state index contributed by atoms with van der Waals surface area (Å²) in [4.78, 5) is 10.5. The number of aliphatic hydroxyl groups is 1. The minimum atomic E-state index is -3.29. The van der Waals surface area contributed by atoms with Gasteiger partial charge in [0.2, 0.25) is 0 Å². The molecule has 1 atom stereocenters. The molecule has 0 spiro atoms. The predicted octanol–water partition coefficient (Wildman–Crippen LogP) is 0.208. The third-order valence-electron chi connectivity index (χ3n) is 1.86. The summed E-state index contributed by atoms with van der Waals surface area (Å²) in [6.07, 6.45) is -0.575. The van der Waals surface area contributed by atoms with Gasteiger partial charge in [-0.05, 0) is 17.7 Å². The van der Waals surface area contributed by atoms with Crippen LogP contribution in [0.25, 0.3) is 0 Å². The minimum Gasteiger partial charge on any atom is -0.479 e. The fourth-order valence-electron chi connectivity index (χ4n) is 1.04. The first kappa shape index (κ1) is 11.7. The van der Waals surface area contributed by atoms with Gasteiger partial charge in [0.1, 0.15) is 0 Å². The summed E-state index contributed by atoms with van der Waals surface area (Å²) in [5, 5.41) is 17.6. The SMILES string of the molecule is CS(=O)(=O)c1ccc([C@@H](O)C(=O)O)cc1. The Bertz CT molecular complexity index is 460. The van der Waals surface area contributed by atoms with E-state index >= 15 is 0 Å². The highest BCUT2D eigenvalue weighted by Crippen LogP contribution is 2.16. The molecule has 0 aliphatic rings. The van der Waals surface area contributed by atoms with Crippen LogP contribution in [0.3, 0.4) is 0 Å². The average Bonchev–Trinajstić information content (AvgIpc) is 2.15. The highest BCUT2D eigenvalue weighted by atomic mass is 32.2. The van der Waals surface area contributed by atoms with Crippen molar-refractivity contribution in [3.05, 3.63) is 29.8 Å². The Hall–Kier alpha value is -1.40. The summed E-state index contributed by atoms with van der Waals surface area (Å²) in [7, 11) is -3.29. The summed E-state index contributed by atoms with van der Waals surface area (Å²) in [6.45, 7) is 0. The van der Waals surface area contributed by atoms with E-state index in [1.54, 1.807) is 0 Å². The molecule has 0 aromatic heterocycles. The van der Waals surface area contributed by atoms with Gasteiger partial charge < -0.3 is 10.2 Å². The van der Waals surface area contributed by atoms with E-state index in [-0.39, 0.29) is 10.5 Å². The number of carbonyl (C=O) groups is 1. The van der Waals surface area contributed by atoms with Gasteiger partial charge in [0.15, 0.2) is 15.9 Å². The first-order valence-electron chi connectivity index (χ1n) is 4.03. The number of aliphatic hydroxyl groups excluding tert-OH is 1. The third-order valence-corrected chi connectivity index (χ3v) is 2.99. The molecule has 0 saturated heterocycles. The lowest BCUT2D eigenvalue weighted by Crippen LogP contribution is -2.10. The fraction of sp³-hybridized carbons (Fsp3) is 0.222. The lowest BCUT2D eigenvalue weighted by molar-refractivity contribution is -0.146. The molecule has 6 heteroatoms. The van der Waals surface area contributed by atoms with Crippen molar-refractivity contribution in [2.24, 2.45) is 0 Å². The summed E-state index contributed by atoms with van der Waals surface area (Å²) in [6, 6.07) is 5.07. The van der Waals surface area contributed by atoms with Gasteiger partial charge in [-0.15, -0.1) is 0 Å². The minimum absolute atomic E-state index is 0.0869. The Kier molecular flexibility index (Phi) is 3.11. The van der Waals surface area contributed by atoms with Gasteiger partial charge in [0, 0.05) is 6.26 Å². The van der Waals surface area contributed by atoms with E-state index in [0.717, 1.165) is 6.26 Å². The quantitative estimate of drug-likeness (QED) is 0.774. The largest absolute Gasteiger partial charge is 0.479 e. The normalized spacial score (nSPS) is 13.5. The van der Waals surface area contributed by atoms with Crippen LogP contribution < -0.4 is 0 Å². The van der Waals surface area contributed by atoms with Gasteiger partial charge in [-0.25, -0.2) is 13.2 Å². The number of carboxylic acid groups (broad SMARTS) is 1. The van der Waals surface area contributed by atoms with Gasteiger partial charge in [0.25, 0.3) is 0 Å². The van der Waals surface area contributed by atoms with E-state index in [9.17, 15) is 13.2 Å². The van der Waals surface area contributed by atoms with Crippen molar-refractivity contribution in [1.29, 1.82) is 0 Å². The second-order valence-electron chi connectivity index (χ2n) is 3.08. The molecule has 1 aromatic carbocycles. The molecule has 0 fully saturated rings. The highest BCUT2D eigenvalue weighted by molar-refractivity contribution is 7.90. The maximum absolute atomic E-state index is 11.1. The van der Waals surface area contributed by atoms with Crippen LogP contribution in [0.2, 0.25) is 0 Å². The van der Waals surface area contributed by atoms with Crippen LogP contribution in [0.4, 0.5) is 0 Å². The number of hydrogen-bond acceptors (Lipinski definition) is 4. The predicted molar refractivity (Wildman–Crippen MR) is 52.1 cm³/mol. The molecule has 2 N–H and O–H groups in total. The van der Waals surface area contributed by atoms with E-state index in [4.69, 9.17) is 10.2 Å². The average molecular weight is 230 g/mol. The van der Waals surface area contributed by atoms with Crippen molar-refractivity contribution < 1.29 is 23.4 Å². The van der Waals surface area contributed by atoms with Crippen LogP contribution in [0.5, 0.6) is 0 Å². The zero-order valence-electron chi connectivity index (χ0n) is 7.91. The van der Waals surface area contributed by atoms with Crippen LogP contribution >= 0.6 is 0 Å². The van der Waals surface area contributed by atoms with Crippen molar-refractivity contribution in [3.63, 3.8) is 0 Å². The van der Waals surface area contributed by atoms with Gasteiger partial charge in [-0.2, -0.15) is 0 Å². The Balaban J connectivity index is 3.06. The Morgan fingerprint density at radius 1 is 1.27 bits per heavy atom. The molecule has 1 aromatic rings. The zero-order valence-corrected chi connectivity index (χ0v) is 8.73. The number of benzene rings is 1. The topological polar surface area (TPSA) is 91.7 Å². The monoisotopic (exact) mass is 230 g/mol. The molecule has 1 rings (SSSR count). The number of hydrogen-bond donors (Lipinski definition) is 2. The Morgan fingerprint density at radius 2 is 1.73 bits per heavy atom. The molecular weight excluding hydrogens is 220 g/mol. The molecule has 82 valence electrons. The van der Waals surface area contributed by atoms with E-state index in [1.165, 1.54) is 24.3 Å². The second-order valence-corrected chi connectivity index (χ2v) is 5.10. The number of carboxylic acids is 1. The second kappa shape index (κ2) is 4.00. The Labute approximate surface area is 86.9 Å². The third kappa shape index (κ3) is 2.77. The number of sulfone groups is 1. The van der Waals surface area contributed by atoms with Crippen LogP contribution in [0.1, 0.15) is 11.7 Å². The van der Waals surface area contributed by atoms with Gasteiger partial charge in [-0.3, -0.25) is 0 Å². The maximum atomic E-state index is 11.1. The van der Waals surface area contributed by atoms with E-state index in [0.29, 0.717) is 0 Å². The van der Waals surface area contributed by atoms with E-state index < -0.39 is 21.9 Å². The molecular formula is C9H10O5S. The fourth-order valence-corrected chi connectivity index (χ4v) is 1.67. The molecule has 0 heterocycles. The molecule has 0 aliphatic carbocycles. The summed E-state index contributed by atoms with van der Waals surface area (Å²) in [5.74, 6) is -1.37. The highest BCUT2D eigenvalue weighted by Gasteiger charge is 2.16. The molecule has 0 unspecified atom stereocenters. The summed E-state index contributed by atoms with van der Waals surface area (Å²) >= 11 is 0. The molecule has 15 heavy (non-hydrogen) atoms. The van der Waals surface area contributed by atoms with E-state index in [2.05, 4.69) is 0 Å². The van der Waals surface area contributed by atoms with Crippen molar-refractivity contribution >= 4 is 15.8 Å². The van der Waals surface area contributed by atoms with Gasteiger partial charge in [-0.1, -0.05) is 12.1 Å². The van der Waals surface area contributed by atoms with Crippen molar-refractivity contribution in [2.75, 3.05) is 6.26 Å². The first-order valence-corrected chi connectivity index (χ1v) is 5.92. The van der Waals surface area contributed by atoms with Crippen LogP contribution in [0.15, 0.2) is 29.2 Å². The summed E-state index contributed by atoms with van der Waals surface area (Å²) in [5.41, 5.74) is 0.148. The van der Waals surface area contributed by atoms with E-state index in [1.807, 2.05) is 0 Å². The molecule has 0 bridgehead atoms. The van der Waals surface area contributed by atoms with Gasteiger partial charge >= 0.3 is 5.97 Å². The lowest BCUT2D eigenvalue weighted by atomic mass is 10.1. The smallest absolute Gasteiger partial charge is 0.337 e. The van der Waals surface area contributed by atoms with Crippen molar-refractivity contribution in [3.8, 4) is 0 Å². The van der Waals surface area contributed by atoms with Crippen LogP contribution in [-0.2, 0) is 14.6 Å². The first-order chi connectivity index (χ1) is 6.82. The standard InChI is InChI=1S/C9H10O5S/c1-15(13,14)7-4-2-6(3-5-7)8(10)9(11)12/h2-5,8,10H,1H3,(H,11,12)/t8-/m1/s1.